The van der Waals surface area contributed by atoms with E-state index in [-0.39, 0.29) is 12.0 Å². The van der Waals surface area contributed by atoms with Crippen LogP contribution in [0.15, 0.2) is 54.9 Å². The first-order valence-electron chi connectivity index (χ1n) is 7.36. The second-order valence-electron chi connectivity index (χ2n) is 5.30. The van der Waals surface area contributed by atoms with Gasteiger partial charge in [0.25, 0.3) is 0 Å². The van der Waals surface area contributed by atoms with E-state index in [2.05, 4.69) is 20.3 Å². The van der Waals surface area contributed by atoms with Crippen LogP contribution in [0.1, 0.15) is 0 Å². The van der Waals surface area contributed by atoms with Gasteiger partial charge in [0.05, 0.1) is 11.2 Å². The van der Waals surface area contributed by atoms with Crippen molar-refractivity contribution in [2.45, 2.75) is 6.18 Å². The molecule has 2 heterocycles. The number of nitrogens with zero attached hydrogens (tertiary/aromatic N) is 3. The summed E-state index contributed by atoms with van der Waals surface area (Å²) in [6, 6.07) is 8.36. The number of hydrogen-bond donors (Lipinski definition) is 2. The van der Waals surface area contributed by atoms with Crippen molar-refractivity contribution in [3.8, 4) is 11.3 Å². The van der Waals surface area contributed by atoms with Crippen LogP contribution in [0.2, 0.25) is 0 Å². The topological polar surface area (TPSA) is 93.8 Å². The zero-order valence-electron chi connectivity index (χ0n) is 13.2. The van der Waals surface area contributed by atoms with Crippen molar-refractivity contribution in [1.29, 1.82) is 0 Å². The van der Waals surface area contributed by atoms with E-state index in [4.69, 9.17) is 5.73 Å². The van der Waals surface area contributed by atoms with Crippen LogP contribution in [-0.4, -0.2) is 27.0 Å². The van der Waals surface area contributed by atoms with E-state index in [1.165, 1.54) is 12.3 Å². The average molecular weight is 359 g/mol. The molecule has 0 spiro atoms. The van der Waals surface area contributed by atoms with Gasteiger partial charge in [0.2, 0.25) is 11.9 Å². The summed E-state index contributed by atoms with van der Waals surface area (Å²) in [6.07, 6.45) is -1.21. The lowest BCUT2D eigenvalue weighted by atomic mass is 10.1. The number of nitrogens with two attached hydrogens (primary N) is 1. The molecule has 0 radical (unpaired) electrons. The number of aromatic nitrogens is 3. The maximum Gasteiger partial charge on any atom is 0.409 e. The predicted octanol–water partition coefficient (Wildman–Crippen LogP) is 3.33. The molecule has 3 aromatic rings. The lowest BCUT2D eigenvalue weighted by Crippen LogP contribution is -2.10. The molecular formula is C17H12F3N5O. The molecule has 0 aliphatic heterocycles. The molecule has 6 nitrogen and oxygen atoms in total. The number of fused-ring (bicyclic) bond motifs is 1. The summed E-state index contributed by atoms with van der Waals surface area (Å²) >= 11 is 0. The molecule has 1 aromatic carbocycles. The van der Waals surface area contributed by atoms with Gasteiger partial charge in [-0.05, 0) is 18.2 Å². The number of pyridine rings is 1. The summed E-state index contributed by atoms with van der Waals surface area (Å²) in [5.74, 6) is -0.751. The number of allylic oxidation sites excluding steroid dienone is 1. The lowest BCUT2D eigenvalue weighted by Gasteiger charge is -2.07. The van der Waals surface area contributed by atoms with Crippen molar-refractivity contribution in [2.24, 2.45) is 0 Å². The largest absolute Gasteiger partial charge is 0.409 e. The fourth-order valence-corrected chi connectivity index (χ4v) is 2.22. The molecule has 3 N–H and O–H groups in total. The monoisotopic (exact) mass is 359 g/mol. The van der Waals surface area contributed by atoms with Crippen LogP contribution in [0.5, 0.6) is 0 Å². The van der Waals surface area contributed by atoms with Crippen molar-refractivity contribution in [2.75, 3.05) is 11.1 Å². The Morgan fingerprint density at radius 3 is 2.73 bits per heavy atom. The average Bonchev–Trinajstić information content (AvgIpc) is 2.59. The van der Waals surface area contributed by atoms with Gasteiger partial charge in [0.1, 0.15) is 0 Å². The first kappa shape index (κ1) is 17.3. The number of nitrogens with one attached hydrogen (secondary N) is 1. The summed E-state index contributed by atoms with van der Waals surface area (Å²) in [5, 5.41) is 3.16. The van der Waals surface area contributed by atoms with Gasteiger partial charge in [-0.15, -0.1) is 0 Å². The quantitative estimate of drug-likeness (QED) is 0.700. The molecule has 0 saturated carbocycles. The number of carbonyl (C=O) groups excluding carboxylic acids is 1. The fourth-order valence-electron chi connectivity index (χ4n) is 2.22. The zero-order chi connectivity index (χ0) is 18.7. The molecule has 0 bridgehead atoms. The van der Waals surface area contributed by atoms with Gasteiger partial charge in [-0.3, -0.25) is 9.78 Å². The molecule has 1 amide bonds. The molecule has 3 rings (SSSR count). The molecule has 0 aliphatic carbocycles. The number of benzene rings is 1. The molecule has 0 fully saturated rings. The van der Waals surface area contributed by atoms with Gasteiger partial charge in [-0.1, -0.05) is 12.1 Å². The summed E-state index contributed by atoms with van der Waals surface area (Å²) < 4.78 is 36.3. The molecule has 2 aromatic heterocycles. The predicted molar refractivity (Wildman–Crippen MR) is 91.0 cm³/mol. The second-order valence-corrected chi connectivity index (χ2v) is 5.30. The third kappa shape index (κ3) is 4.32. The van der Waals surface area contributed by atoms with E-state index in [0.717, 1.165) is 5.39 Å². The third-order valence-corrected chi connectivity index (χ3v) is 3.35. The van der Waals surface area contributed by atoms with Crippen LogP contribution >= 0.6 is 0 Å². The van der Waals surface area contributed by atoms with Gasteiger partial charge in [-0.25, -0.2) is 9.97 Å². The minimum Gasteiger partial charge on any atom is -0.368 e. The highest BCUT2D eigenvalue weighted by Crippen LogP contribution is 2.24. The summed E-state index contributed by atoms with van der Waals surface area (Å²) in [4.78, 5) is 23.8. The van der Waals surface area contributed by atoms with Crippen LogP contribution in [0.3, 0.4) is 0 Å². The highest BCUT2D eigenvalue weighted by atomic mass is 19.4. The number of alkyl halides is 3. The third-order valence-electron chi connectivity index (χ3n) is 3.35. The van der Waals surface area contributed by atoms with Gasteiger partial charge in [0.15, 0.2) is 0 Å². The molecule has 9 heteroatoms. The SMILES string of the molecule is Nc1ncc2ccc(-c3cc(NC(=O)/C=C/C(F)(F)F)ccn3)cc2n1. The molecular weight excluding hydrogens is 347 g/mol. The first-order valence-corrected chi connectivity index (χ1v) is 7.36. The highest BCUT2D eigenvalue weighted by molar-refractivity contribution is 5.99. The Balaban J connectivity index is 1.85. The second kappa shape index (κ2) is 6.79. The normalized spacial score (nSPS) is 11.8. The molecule has 132 valence electrons. The Labute approximate surface area is 145 Å². The molecule has 0 atom stereocenters. The number of carbonyl (C=O) groups is 1. The van der Waals surface area contributed by atoms with Gasteiger partial charge < -0.3 is 11.1 Å². The number of anilines is 2. The number of nitrogen functional groups attached to an aromatic ring is 1. The smallest absolute Gasteiger partial charge is 0.368 e. The van der Waals surface area contributed by atoms with E-state index in [1.54, 1.807) is 30.5 Å². The summed E-state index contributed by atoms with van der Waals surface area (Å²) in [5.41, 5.74) is 7.74. The molecule has 0 aliphatic rings. The van der Waals surface area contributed by atoms with Gasteiger partial charge in [-0.2, -0.15) is 13.2 Å². The zero-order valence-corrected chi connectivity index (χ0v) is 13.2. The Hall–Kier alpha value is -3.49. The van der Waals surface area contributed by atoms with Crippen molar-refractivity contribution in [1.82, 2.24) is 15.0 Å². The maximum absolute atomic E-state index is 12.1. The molecule has 0 saturated heterocycles. The Kier molecular flexibility index (Phi) is 4.53. The van der Waals surface area contributed by atoms with Gasteiger partial charge in [0, 0.05) is 41.2 Å². The van der Waals surface area contributed by atoms with E-state index in [0.29, 0.717) is 28.5 Å². The van der Waals surface area contributed by atoms with E-state index >= 15 is 0 Å². The first-order chi connectivity index (χ1) is 12.3. The Morgan fingerprint density at radius 1 is 1.15 bits per heavy atom. The van der Waals surface area contributed by atoms with E-state index < -0.39 is 12.1 Å². The van der Waals surface area contributed by atoms with Crippen LogP contribution in [0.4, 0.5) is 24.8 Å². The fraction of sp³-hybridized carbons (Fsp3) is 0.0588. The van der Waals surface area contributed by atoms with Crippen LogP contribution in [-0.2, 0) is 4.79 Å². The number of rotatable bonds is 3. The van der Waals surface area contributed by atoms with Gasteiger partial charge >= 0.3 is 6.18 Å². The van der Waals surface area contributed by atoms with Crippen molar-refractivity contribution < 1.29 is 18.0 Å². The van der Waals surface area contributed by atoms with Crippen LogP contribution < -0.4 is 11.1 Å². The number of hydrogen-bond acceptors (Lipinski definition) is 5. The maximum atomic E-state index is 12.1. The van der Waals surface area contributed by atoms with Crippen molar-refractivity contribution in [3.05, 3.63) is 54.9 Å². The van der Waals surface area contributed by atoms with E-state index in [9.17, 15) is 18.0 Å². The lowest BCUT2D eigenvalue weighted by molar-refractivity contribution is -0.112. The number of halogens is 3. The summed E-state index contributed by atoms with van der Waals surface area (Å²) in [6.45, 7) is 0. The van der Waals surface area contributed by atoms with Crippen LogP contribution in [0, 0.1) is 0 Å². The Bertz CT molecular complexity index is 1000. The van der Waals surface area contributed by atoms with E-state index in [1.807, 2.05) is 0 Å². The number of amides is 1. The minimum atomic E-state index is -4.55. The Morgan fingerprint density at radius 2 is 1.96 bits per heavy atom. The van der Waals surface area contributed by atoms with Crippen molar-refractivity contribution >= 4 is 28.4 Å². The minimum absolute atomic E-state index is 0.127. The standard InChI is InChI=1S/C17H12F3N5O/c18-17(19,20)5-3-15(26)24-12-4-6-22-13(8-12)10-1-2-11-9-23-16(21)25-14(11)7-10/h1-9H,(H2,21,23,25)(H,22,24,26)/b5-3+. The highest BCUT2D eigenvalue weighted by Gasteiger charge is 2.22. The van der Waals surface area contributed by atoms with Crippen molar-refractivity contribution in [3.63, 3.8) is 0 Å². The summed E-state index contributed by atoms with van der Waals surface area (Å²) in [7, 11) is 0. The molecule has 0 unspecified atom stereocenters. The molecule has 26 heavy (non-hydrogen) atoms. The van der Waals surface area contributed by atoms with Crippen LogP contribution in [0.25, 0.3) is 22.2 Å².